The third-order valence-corrected chi connectivity index (χ3v) is 4.61. The molecule has 154 valence electrons. The number of esters is 1. The molecule has 0 aliphatic heterocycles. The van der Waals surface area contributed by atoms with Gasteiger partial charge < -0.3 is 14.2 Å². The Morgan fingerprint density at radius 1 is 1.10 bits per heavy atom. The number of carbonyl (C=O) groups is 1. The molecule has 0 saturated heterocycles. The maximum absolute atomic E-state index is 11.4. The van der Waals surface area contributed by atoms with Crippen molar-refractivity contribution in [3.8, 4) is 22.9 Å². The first kappa shape index (κ1) is 19.8. The van der Waals surface area contributed by atoms with Gasteiger partial charge in [0.15, 0.2) is 0 Å². The number of rotatable bonds is 9. The fourth-order valence-corrected chi connectivity index (χ4v) is 2.84. The molecule has 1 aromatic heterocycles. The van der Waals surface area contributed by atoms with Crippen LogP contribution in [0, 0.1) is 5.92 Å². The molecule has 2 aromatic carbocycles. The summed E-state index contributed by atoms with van der Waals surface area (Å²) in [5.41, 5.74) is 1.56. The van der Waals surface area contributed by atoms with Crippen molar-refractivity contribution in [1.29, 1.82) is 0 Å². The lowest BCUT2D eigenvalue weighted by Crippen LogP contribution is -1.99. The van der Waals surface area contributed by atoms with E-state index < -0.39 is 0 Å². The summed E-state index contributed by atoms with van der Waals surface area (Å²) in [6.07, 6.45) is 7.37. The van der Waals surface area contributed by atoms with Crippen LogP contribution in [-0.4, -0.2) is 29.0 Å². The Kier molecular flexibility index (Phi) is 6.13. The summed E-state index contributed by atoms with van der Waals surface area (Å²) in [6.45, 7) is 2.90. The van der Waals surface area contributed by atoms with Crippen molar-refractivity contribution in [3.63, 3.8) is 0 Å². The fourth-order valence-electron chi connectivity index (χ4n) is 2.84. The van der Waals surface area contributed by atoms with Crippen LogP contribution in [0.5, 0.6) is 17.2 Å². The lowest BCUT2D eigenvalue weighted by Gasteiger charge is -2.09. The van der Waals surface area contributed by atoms with Gasteiger partial charge in [-0.2, -0.15) is 5.10 Å². The van der Waals surface area contributed by atoms with E-state index in [0.29, 0.717) is 18.2 Å². The summed E-state index contributed by atoms with van der Waals surface area (Å²) in [5.74, 6) is 2.63. The molecule has 0 N–H and O–H groups in total. The monoisotopic (exact) mass is 404 g/mol. The minimum absolute atomic E-state index is 0.351. The van der Waals surface area contributed by atoms with Crippen LogP contribution < -0.4 is 9.47 Å². The van der Waals surface area contributed by atoms with E-state index in [0.717, 1.165) is 29.5 Å². The van der Waals surface area contributed by atoms with Gasteiger partial charge in [0, 0.05) is 18.3 Å². The van der Waals surface area contributed by atoms with Crippen LogP contribution in [-0.2, 0) is 9.53 Å². The topological polar surface area (TPSA) is 62.6 Å². The maximum atomic E-state index is 11.4. The highest BCUT2D eigenvalue weighted by Crippen LogP contribution is 2.31. The van der Waals surface area contributed by atoms with Crippen LogP contribution in [0.2, 0.25) is 0 Å². The van der Waals surface area contributed by atoms with E-state index in [1.807, 2.05) is 60.8 Å². The number of ether oxygens (including phenoxy) is 3. The van der Waals surface area contributed by atoms with E-state index in [-0.39, 0.29) is 5.97 Å². The Bertz CT molecular complexity index is 1020. The van der Waals surface area contributed by atoms with Crippen LogP contribution in [0.3, 0.4) is 0 Å². The molecule has 4 rings (SSSR count). The molecule has 0 unspecified atom stereocenters. The van der Waals surface area contributed by atoms with Crippen molar-refractivity contribution >= 4 is 12.0 Å². The van der Waals surface area contributed by atoms with E-state index >= 15 is 0 Å². The highest BCUT2D eigenvalue weighted by Gasteiger charge is 2.21. The van der Waals surface area contributed by atoms with Gasteiger partial charge in [0.05, 0.1) is 24.6 Å². The van der Waals surface area contributed by atoms with E-state index in [4.69, 9.17) is 14.2 Å². The summed E-state index contributed by atoms with van der Waals surface area (Å²) < 4.78 is 18.4. The minimum atomic E-state index is -0.379. The van der Waals surface area contributed by atoms with Crippen molar-refractivity contribution < 1.29 is 19.0 Å². The standard InChI is InChI=1S/C24H24N2O4/c1-2-28-24(27)13-8-19-14-15-26(25-19)20-9-11-21(12-10-20)30-23-5-3-4-22(16-23)29-17-18-6-7-18/h3-5,8-16,18H,2,6-7,17H2,1H3/b13-8+. The SMILES string of the molecule is CCOC(=O)/C=C/c1ccn(-c2ccc(Oc3cccc(OCC4CC4)c3)cc2)n1. The molecule has 6 heteroatoms. The largest absolute Gasteiger partial charge is 0.493 e. The molecule has 3 aromatic rings. The van der Waals surface area contributed by atoms with Crippen molar-refractivity contribution in [2.45, 2.75) is 19.8 Å². The second kappa shape index (κ2) is 9.31. The molecule has 0 radical (unpaired) electrons. The first-order valence-corrected chi connectivity index (χ1v) is 10.1. The second-order valence-corrected chi connectivity index (χ2v) is 7.10. The summed E-state index contributed by atoms with van der Waals surface area (Å²) >= 11 is 0. The van der Waals surface area contributed by atoms with Crippen molar-refractivity contribution in [2.75, 3.05) is 13.2 Å². The smallest absolute Gasteiger partial charge is 0.330 e. The lowest BCUT2D eigenvalue weighted by atomic mass is 10.3. The quantitative estimate of drug-likeness (QED) is 0.370. The molecule has 0 bridgehead atoms. The maximum Gasteiger partial charge on any atom is 0.330 e. The van der Waals surface area contributed by atoms with Crippen molar-refractivity contribution in [2.24, 2.45) is 5.92 Å². The summed E-state index contributed by atoms with van der Waals surface area (Å²) in [7, 11) is 0. The van der Waals surface area contributed by atoms with Gasteiger partial charge in [-0.1, -0.05) is 6.07 Å². The number of carbonyl (C=O) groups excluding carboxylic acids is 1. The lowest BCUT2D eigenvalue weighted by molar-refractivity contribution is -0.137. The summed E-state index contributed by atoms with van der Waals surface area (Å²) in [6, 6.07) is 17.2. The Labute approximate surface area is 175 Å². The Morgan fingerprint density at radius 3 is 2.67 bits per heavy atom. The third kappa shape index (κ3) is 5.50. The Hall–Kier alpha value is -3.54. The summed E-state index contributed by atoms with van der Waals surface area (Å²) in [4.78, 5) is 11.4. The highest BCUT2D eigenvalue weighted by molar-refractivity contribution is 5.86. The van der Waals surface area contributed by atoms with Gasteiger partial charge in [-0.15, -0.1) is 0 Å². The molecular weight excluding hydrogens is 380 g/mol. The Balaban J connectivity index is 1.37. The predicted molar refractivity (Wildman–Crippen MR) is 114 cm³/mol. The van der Waals surface area contributed by atoms with E-state index in [9.17, 15) is 4.79 Å². The summed E-state index contributed by atoms with van der Waals surface area (Å²) in [5, 5.41) is 4.44. The van der Waals surface area contributed by atoms with E-state index in [2.05, 4.69) is 5.10 Å². The highest BCUT2D eigenvalue weighted by atomic mass is 16.5. The number of nitrogens with zero attached hydrogens (tertiary/aromatic N) is 2. The van der Waals surface area contributed by atoms with Gasteiger partial charge in [0.25, 0.3) is 0 Å². The van der Waals surface area contributed by atoms with Gasteiger partial charge in [0.2, 0.25) is 0 Å². The molecule has 0 spiro atoms. The molecule has 1 aliphatic rings. The molecule has 0 atom stereocenters. The first-order valence-electron chi connectivity index (χ1n) is 10.1. The second-order valence-electron chi connectivity index (χ2n) is 7.10. The number of hydrogen-bond donors (Lipinski definition) is 0. The molecule has 6 nitrogen and oxygen atoms in total. The first-order chi connectivity index (χ1) is 14.7. The zero-order chi connectivity index (χ0) is 20.8. The zero-order valence-corrected chi connectivity index (χ0v) is 16.9. The van der Waals surface area contributed by atoms with Crippen LogP contribution in [0.1, 0.15) is 25.5 Å². The van der Waals surface area contributed by atoms with Gasteiger partial charge >= 0.3 is 5.97 Å². The van der Waals surface area contributed by atoms with Gasteiger partial charge in [-0.3, -0.25) is 0 Å². The van der Waals surface area contributed by atoms with Gasteiger partial charge in [-0.05, 0) is 74.2 Å². The molecule has 1 saturated carbocycles. The average Bonchev–Trinajstić information content (AvgIpc) is 3.47. The zero-order valence-electron chi connectivity index (χ0n) is 16.9. The van der Waals surface area contributed by atoms with Crippen molar-refractivity contribution in [3.05, 3.63) is 72.6 Å². The normalized spacial score (nSPS) is 13.4. The molecule has 1 fully saturated rings. The van der Waals surface area contributed by atoms with Crippen LogP contribution in [0.15, 0.2) is 66.9 Å². The van der Waals surface area contributed by atoms with Crippen LogP contribution in [0.4, 0.5) is 0 Å². The van der Waals surface area contributed by atoms with E-state index in [1.165, 1.54) is 18.9 Å². The Morgan fingerprint density at radius 2 is 1.90 bits per heavy atom. The van der Waals surface area contributed by atoms with Gasteiger partial charge in [-0.25, -0.2) is 9.48 Å². The molecular formula is C24H24N2O4. The number of aromatic nitrogens is 2. The molecule has 1 heterocycles. The average molecular weight is 404 g/mol. The number of benzene rings is 2. The predicted octanol–water partition coefficient (Wildman–Crippen LogP) is 5.03. The van der Waals surface area contributed by atoms with Crippen molar-refractivity contribution in [1.82, 2.24) is 9.78 Å². The number of hydrogen-bond acceptors (Lipinski definition) is 5. The molecule has 1 aliphatic carbocycles. The van der Waals surface area contributed by atoms with Crippen LogP contribution >= 0.6 is 0 Å². The minimum Gasteiger partial charge on any atom is -0.493 e. The third-order valence-electron chi connectivity index (χ3n) is 4.61. The fraction of sp³-hybridized carbons (Fsp3) is 0.250. The molecule has 30 heavy (non-hydrogen) atoms. The van der Waals surface area contributed by atoms with E-state index in [1.54, 1.807) is 17.7 Å². The van der Waals surface area contributed by atoms with Crippen LogP contribution in [0.25, 0.3) is 11.8 Å². The molecule has 0 amide bonds. The van der Waals surface area contributed by atoms with Gasteiger partial charge in [0.1, 0.15) is 17.2 Å².